The number of rotatable bonds is 2. The average Bonchev–Trinajstić information content (AvgIpc) is 2.34. The first kappa shape index (κ1) is 16.8. The number of hydrogen-bond donors (Lipinski definition) is 1. The molecule has 1 heterocycles. The Kier molecular flexibility index (Phi) is 5.39. The molecule has 1 rings (SSSR count). The van der Waals surface area contributed by atoms with Gasteiger partial charge < -0.3 is 19.6 Å². The van der Waals surface area contributed by atoms with Crippen molar-refractivity contribution < 1.29 is 19.4 Å². The summed E-state index contributed by atoms with van der Waals surface area (Å²) in [5.74, 6) is -0.106. The molecule has 0 aromatic carbocycles. The van der Waals surface area contributed by atoms with Gasteiger partial charge in [0.05, 0.1) is 12.6 Å². The molecule has 116 valence electrons. The van der Waals surface area contributed by atoms with Gasteiger partial charge in [0.25, 0.3) is 0 Å². The van der Waals surface area contributed by atoms with Crippen molar-refractivity contribution in [2.24, 2.45) is 5.92 Å². The van der Waals surface area contributed by atoms with Crippen molar-refractivity contribution in [2.45, 2.75) is 46.3 Å². The molecule has 6 heteroatoms. The second-order valence-electron chi connectivity index (χ2n) is 6.45. The van der Waals surface area contributed by atoms with Crippen molar-refractivity contribution in [1.82, 2.24) is 9.80 Å². The zero-order chi connectivity index (χ0) is 15.5. The van der Waals surface area contributed by atoms with Crippen LogP contribution in [0.4, 0.5) is 4.79 Å². The molecule has 0 radical (unpaired) electrons. The molecule has 0 aliphatic carbocycles. The van der Waals surface area contributed by atoms with Gasteiger partial charge in [-0.25, -0.2) is 4.79 Å². The molecule has 2 amide bonds. The van der Waals surface area contributed by atoms with Crippen LogP contribution in [0.2, 0.25) is 0 Å². The van der Waals surface area contributed by atoms with Crippen molar-refractivity contribution >= 4 is 12.0 Å². The molecule has 1 fully saturated rings. The van der Waals surface area contributed by atoms with Crippen LogP contribution in [0.5, 0.6) is 0 Å². The van der Waals surface area contributed by atoms with Crippen LogP contribution in [0, 0.1) is 5.92 Å². The third-order valence-corrected chi connectivity index (χ3v) is 3.12. The Morgan fingerprint density at radius 1 is 1.30 bits per heavy atom. The van der Waals surface area contributed by atoms with Crippen molar-refractivity contribution in [3.8, 4) is 0 Å². The summed E-state index contributed by atoms with van der Waals surface area (Å²) in [6.45, 7) is 10.1. The van der Waals surface area contributed by atoms with E-state index in [0.717, 1.165) is 0 Å². The van der Waals surface area contributed by atoms with Crippen LogP contribution in [0.3, 0.4) is 0 Å². The number of carbonyl (C=O) groups excluding carboxylic acids is 2. The van der Waals surface area contributed by atoms with Gasteiger partial charge in [0, 0.05) is 25.6 Å². The number of aliphatic hydroxyl groups excluding tert-OH is 1. The Morgan fingerprint density at radius 3 is 2.35 bits per heavy atom. The van der Waals surface area contributed by atoms with Crippen LogP contribution >= 0.6 is 0 Å². The highest BCUT2D eigenvalue weighted by atomic mass is 16.6. The third-order valence-electron chi connectivity index (χ3n) is 3.12. The van der Waals surface area contributed by atoms with E-state index in [1.807, 2.05) is 34.6 Å². The van der Waals surface area contributed by atoms with Gasteiger partial charge in [0.15, 0.2) is 0 Å². The van der Waals surface area contributed by atoms with E-state index in [1.54, 1.807) is 9.80 Å². The van der Waals surface area contributed by atoms with E-state index < -0.39 is 11.7 Å². The minimum absolute atomic E-state index is 0.00730. The van der Waals surface area contributed by atoms with E-state index >= 15 is 0 Å². The van der Waals surface area contributed by atoms with E-state index in [1.165, 1.54) is 0 Å². The number of piperazine rings is 1. The highest BCUT2D eigenvalue weighted by Gasteiger charge is 2.34. The minimum atomic E-state index is -0.545. The fraction of sp³-hybridized carbons (Fsp3) is 0.857. The smallest absolute Gasteiger partial charge is 0.410 e. The van der Waals surface area contributed by atoms with E-state index in [9.17, 15) is 14.7 Å². The standard InChI is InChI=1S/C14H26N2O4/c1-10(2)12(18)16-7-6-15(8-11(16)9-17)13(19)20-14(3,4)5/h10-11,17H,6-9H2,1-5H3. The maximum absolute atomic E-state index is 12.1. The first-order chi connectivity index (χ1) is 9.15. The molecule has 0 spiro atoms. The monoisotopic (exact) mass is 286 g/mol. The van der Waals surface area contributed by atoms with Gasteiger partial charge >= 0.3 is 6.09 Å². The molecule has 0 bridgehead atoms. The predicted molar refractivity (Wildman–Crippen MR) is 75.2 cm³/mol. The van der Waals surface area contributed by atoms with Gasteiger partial charge in [-0.15, -0.1) is 0 Å². The second kappa shape index (κ2) is 6.43. The summed E-state index contributed by atoms with van der Waals surface area (Å²) in [7, 11) is 0. The number of carbonyl (C=O) groups is 2. The Morgan fingerprint density at radius 2 is 1.90 bits per heavy atom. The van der Waals surface area contributed by atoms with Gasteiger partial charge in [-0.2, -0.15) is 0 Å². The van der Waals surface area contributed by atoms with Crippen LogP contribution in [0.1, 0.15) is 34.6 Å². The van der Waals surface area contributed by atoms with E-state index in [-0.39, 0.29) is 24.5 Å². The van der Waals surface area contributed by atoms with Crippen LogP contribution in [0.25, 0.3) is 0 Å². The highest BCUT2D eigenvalue weighted by Crippen LogP contribution is 2.16. The lowest BCUT2D eigenvalue weighted by Gasteiger charge is -2.41. The van der Waals surface area contributed by atoms with Crippen LogP contribution < -0.4 is 0 Å². The largest absolute Gasteiger partial charge is 0.444 e. The van der Waals surface area contributed by atoms with Crippen LogP contribution in [0.15, 0.2) is 0 Å². The maximum Gasteiger partial charge on any atom is 0.410 e. The van der Waals surface area contributed by atoms with Gasteiger partial charge in [-0.3, -0.25) is 4.79 Å². The fourth-order valence-electron chi connectivity index (χ4n) is 2.13. The normalized spacial score (nSPS) is 20.2. The van der Waals surface area contributed by atoms with Crippen molar-refractivity contribution in [2.75, 3.05) is 26.2 Å². The zero-order valence-corrected chi connectivity index (χ0v) is 13.0. The summed E-state index contributed by atoms with van der Waals surface area (Å²) in [6, 6.07) is -0.355. The molecule has 1 aliphatic heterocycles. The van der Waals surface area contributed by atoms with Gasteiger partial charge in [0.1, 0.15) is 5.60 Å². The summed E-state index contributed by atoms with van der Waals surface area (Å²) in [5.41, 5.74) is -0.545. The first-order valence-electron chi connectivity index (χ1n) is 7.05. The lowest BCUT2D eigenvalue weighted by Crippen LogP contribution is -2.59. The van der Waals surface area contributed by atoms with E-state index in [0.29, 0.717) is 19.6 Å². The van der Waals surface area contributed by atoms with Gasteiger partial charge in [0.2, 0.25) is 5.91 Å². The lowest BCUT2D eigenvalue weighted by molar-refractivity contribution is -0.140. The highest BCUT2D eigenvalue weighted by molar-refractivity contribution is 5.79. The Labute approximate surface area is 120 Å². The molecule has 1 atom stereocenters. The minimum Gasteiger partial charge on any atom is -0.444 e. The molecular weight excluding hydrogens is 260 g/mol. The van der Waals surface area contributed by atoms with Crippen molar-refractivity contribution in [3.63, 3.8) is 0 Å². The molecule has 0 saturated carbocycles. The zero-order valence-electron chi connectivity index (χ0n) is 13.0. The summed E-state index contributed by atoms with van der Waals surface area (Å²) in [4.78, 5) is 27.3. The molecular formula is C14H26N2O4. The fourth-order valence-corrected chi connectivity index (χ4v) is 2.13. The molecule has 1 N–H and O–H groups in total. The number of ether oxygens (including phenoxy) is 1. The van der Waals surface area contributed by atoms with Gasteiger partial charge in [-0.1, -0.05) is 13.8 Å². The molecule has 1 unspecified atom stereocenters. The topological polar surface area (TPSA) is 70.1 Å². The molecule has 1 saturated heterocycles. The first-order valence-corrected chi connectivity index (χ1v) is 7.05. The third kappa shape index (κ3) is 4.37. The Balaban J connectivity index is 2.68. The molecule has 1 aliphatic rings. The molecule has 6 nitrogen and oxygen atoms in total. The quantitative estimate of drug-likeness (QED) is 0.824. The number of nitrogens with zero attached hydrogens (tertiary/aromatic N) is 2. The predicted octanol–water partition coefficient (Wildman–Crippen LogP) is 1.08. The molecule has 0 aromatic heterocycles. The summed E-state index contributed by atoms with van der Waals surface area (Å²) in [6.07, 6.45) is -0.396. The SMILES string of the molecule is CC(C)C(=O)N1CCN(C(=O)OC(C)(C)C)CC1CO. The maximum atomic E-state index is 12.1. The molecule has 0 aromatic rings. The van der Waals surface area contributed by atoms with Crippen molar-refractivity contribution in [3.05, 3.63) is 0 Å². The number of amides is 2. The summed E-state index contributed by atoms with van der Waals surface area (Å²) >= 11 is 0. The lowest BCUT2D eigenvalue weighted by atomic mass is 10.1. The van der Waals surface area contributed by atoms with Gasteiger partial charge in [-0.05, 0) is 20.8 Å². The van der Waals surface area contributed by atoms with Crippen LogP contribution in [-0.2, 0) is 9.53 Å². The summed E-state index contributed by atoms with van der Waals surface area (Å²) in [5, 5.41) is 9.45. The Bertz CT molecular complexity index is 363. The molecule has 20 heavy (non-hydrogen) atoms. The van der Waals surface area contributed by atoms with E-state index in [2.05, 4.69) is 0 Å². The summed E-state index contributed by atoms with van der Waals surface area (Å²) < 4.78 is 5.32. The number of aliphatic hydroxyl groups is 1. The Hall–Kier alpha value is -1.30. The second-order valence-corrected chi connectivity index (χ2v) is 6.45. The van der Waals surface area contributed by atoms with Crippen molar-refractivity contribution in [1.29, 1.82) is 0 Å². The number of hydrogen-bond acceptors (Lipinski definition) is 4. The average molecular weight is 286 g/mol. The van der Waals surface area contributed by atoms with Crippen LogP contribution in [-0.4, -0.2) is 64.8 Å². The van der Waals surface area contributed by atoms with E-state index in [4.69, 9.17) is 4.74 Å².